The Hall–Kier alpha value is -2.62. The molecular weight excluding hydrogens is 486 g/mol. The molecule has 3 saturated carbocycles. The quantitative estimate of drug-likeness (QED) is 0.400. The molecule has 1 heterocycles. The van der Waals surface area contributed by atoms with Crippen LogP contribution in [0.4, 0.5) is 0 Å². The number of aromatic nitrogens is 1. The summed E-state index contributed by atoms with van der Waals surface area (Å²) in [7, 11) is 0. The first-order chi connectivity index (χ1) is 18.1. The molecule has 9 heteroatoms. The van der Waals surface area contributed by atoms with Crippen LogP contribution in [0.1, 0.15) is 64.5 Å². The van der Waals surface area contributed by atoms with E-state index in [1.54, 1.807) is 6.20 Å². The van der Waals surface area contributed by atoms with Crippen LogP contribution in [-0.4, -0.2) is 62.6 Å². The van der Waals surface area contributed by atoms with Crippen molar-refractivity contribution in [3.8, 4) is 0 Å². The number of amides is 1. The minimum Gasteiger partial charge on any atom is -0.393 e. The van der Waals surface area contributed by atoms with Gasteiger partial charge in [-0.3, -0.25) is 14.6 Å². The van der Waals surface area contributed by atoms with E-state index < -0.39 is 29.5 Å². The van der Waals surface area contributed by atoms with Gasteiger partial charge < -0.3 is 25.5 Å². The Labute approximate surface area is 223 Å². The number of oxime groups is 1. The van der Waals surface area contributed by atoms with Crippen LogP contribution in [-0.2, 0) is 21.0 Å². The third-order valence-corrected chi connectivity index (χ3v) is 10.2. The topological polar surface area (TPSA) is 141 Å². The summed E-state index contributed by atoms with van der Waals surface area (Å²) in [6.07, 6.45) is 7.74. The van der Waals surface area contributed by atoms with E-state index in [9.17, 15) is 24.9 Å². The minimum atomic E-state index is -1.58. The second-order valence-corrected chi connectivity index (χ2v) is 12.0. The van der Waals surface area contributed by atoms with Gasteiger partial charge in [0.05, 0.1) is 24.1 Å². The molecule has 38 heavy (non-hydrogen) atoms. The van der Waals surface area contributed by atoms with E-state index in [2.05, 4.69) is 28.5 Å². The average molecular weight is 526 g/mol. The van der Waals surface area contributed by atoms with Crippen molar-refractivity contribution in [2.75, 3.05) is 13.2 Å². The monoisotopic (exact) mass is 525 g/mol. The summed E-state index contributed by atoms with van der Waals surface area (Å²) in [5.74, 6) is -0.438. The summed E-state index contributed by atoms with van der Waals surface area (Å²) in [5.41, 5.74) is 0.290. The van der Waals surface area contributed by atoms with Crippen LogP contribution in [0.5, 0.6) is 0 Å². The Balaban J connectivity index is 1.25. The van der Waals surface area contributed by atoms with Gasteiger partial charge in [-0.1, -0.05) is 30.6 Å². The molecule has 7 atom stereocenters. The van der Waals surface area contributed by atoms with Crippen LogP contribution in [0, 0.1) is 28.6 Å². The largest absolute Gasteiger partial charge is 0.393 e. The number of carbonyl (C=O) groups is 2. The fourth-order valence-electron chi connectivity index (χ4n) is 8.28. The Kier molecular flexibility index (Phi) is 7.22. The molecule has 0 unspecified atom stereocenters. The number of allylic oxidation sites excluding steroid dienone is 2. The van der Waals surface area contributed by atoms with Gasteiger partial charge in [0.25, 0.3) is 5.91 Å². The Morgan fingerprint density at radius 1 is 1.21 bits per heavy atom. The number of Topliss-reactive ketones (excluding diaryl/α,β-unsaturated/α-hetero) is 1. The highest BCUT2D eigenvalue weighted by Gasteiger charge is 2.68. The maximum atomic E-state index is 12.6. The van der Waals surface area contributed by atoms with E-state index in [1.165, 1.54) is 5.57 Å². The molecule has 0 saturated heterocycles. The van der Waals surface area contributed by atoms with Crippen molar-refractivity contribution in [1.82, 2.24) is 10.3 Å². The maximum absolute atomic E-state index is 12.6. The molecule has 5 rings (SSSR count). The van der Waals surface area contributed by atoms with Crippen LogP contribution < -0.4 is 5.32 Å². The van der Waals surface area contributed by atoms with Crippen molar-refractivity contribution in [1.29, 1.82) is 0 Å². The Morgan fingerprint density at radius 2 is 2.03 bits per heavy atom. The lowest BCUT2D eigenvalue weighted by Crippen LogP contribution is -2.62. The highest BCUT2D eigenvalue weighted by molar-refractivity contribution is 5.96. The van der Waals surface area contributed by atoms with Crippen molar-refractivity contribution < 1.29 is 29.7 Å². The third kappa shape index (κ3) is 4.38. The van der Waals surface area contributed by atoms with Crippen LogP contribution in [0.15, 0.2) is 41.2 Å². The number of nitrogens with one attached hydrogen (secondary N) is 1. The van der Waals surface area contributed by atoms with Crippen LogP contribution in [0.3, 0.4) is 0 Å². The minimum absolute atomic E-state index is 0.0343. The Morgan fingerprint density at radius 3 is 2.76 bits per heavy atom. The van der Waals surface area contributed by atoms with Crippen molar-refractivity contribution in [2.45, 2.75) is 77.0 Å². The number of nitrogens with zero attached hydrogens (tertiary/aromatic N) is 2. The van der Waals surface area contributed by atoms with Crippen LogP contribution in [0.2, 0.25) is 0 Å². The lowest BCUT2D eigenvalue weighted by molar-refractivity contribution is -0.181. The zero-order valence-corrected chi connectivity index (χ0v) is 22.2. The van der Waals surface area contributed by atoms with Gasteiger partial charge in [-0.15, -0.1) is 0 Å². The van der Waals surface area contributed by atoms with Gasteiger partial charge in [-0.05, 0) is 86.3 Å². The summed E-state index contributed by atoms with van der Waals surface area (Å²) in [6, 6.07) is 5.53. The maximum Gasteiger partial charge on any atom is 0.261 e. The second kappa shape index (κ2) is 10.2. The fraction of sp³-hybridized carbons (Fsp3) is 0.655. The van der Waals surface area contributed by atoms with E-state index in [0.29, 0.717) is 25.8 Å². The highest BCUT2D eigenvalue weighted by atomic mass is 16.6. The molecule has 4 aliphatic rings. The van der Waals surface area contributed by atoms with E-state index in [1.807, 2.05) is 25.1 Å². The molecule has 0 aromatic carbocycles. The van der Waals surface area contributed by atoms with Crippen molar-refractivity contribution in [3.05, 3.63) is 41.7 Å². The van der Waals surface area contributed by atoms with Crippen molar-refractivity contribution >= 4 is 17.4 Å². The van der Waals surface area contributed by atoms with E-state index in [4.69, 9.17) is 4.84 Å². The standard InChI is InChI=1S/C29H39N3O6/c1-27-10-8-19(32-38-17-25(36)31-15-20-5-3-4-12-30-20)13-18(27)6-7-21-22-9-11-29(37,24(35)16-33)28(22,2)14-23(34)26(21)27/h3-5,12-13,21-23,26,33-34,37H,6-11,14-17H2,1-2H3,(H,31,36)/b32-19-/t21-,22-,23-,26+,27-,28-,29-/m0/s1. The summed E-state index contributed by atoms with van der Waals surface area (Å²) in [6.45, 7) is 3.64. The molecule has 3 fully saturated rings. The van der Waals surface area contributed by atoms with Gasteiger partial charge >= 0.3 is 0 Å². The number of pyridine rings is 1. The molecule has 9 nitrogen and oxygen atoms in total. The number of carbonyl (C=O) groups excluding carboxylic acids is 2. The number of hydrogen-bond acceptors (Lipinski definition) is 8. The first-order valence-corrected chi connectivity index (χ1v) is 13.7. The molecule has 4 N–H and O–H groups in total. The summed E-state index contributed by atoms with van der Waals surface area (Å²) < 4.78 is 0. The number of rotatable bonds is 7. The van der Waals surface area contributed by atoms with E-state index >= 15 is 0 Å². The van der Waals surface area contributed by atoms with Gasteiger partial charge in [0, 0.05) is 11.6 Å². The second-order valence-electron chi connectivity index (χ2n) is 12.0. The van der Waals surface area contributed by atoms with Gasteiger partial charge in [-0.2, -0.15) is 0 Å². The van der Waals surface area contributed by atoms with Crippen LogP contribution in [0.25, 0.3) is 0 Å². The number of hydrogen-bond donors (Lipinski definition) is 4. The lowest BCUT2D eigenvalue weighted by atomic mass is 9.45. The molecule has 1 aromatic heterocycles. The normalized spacial score (nSPS) is 39.0. The molecule has 4 aliphatic carbocycles. The van der Waals surface area contributed by atoms with Crippen molar-refractivity contribution in [3.63, 3.8) is 0 Å². The predicted octanol–water partition coefficient (Wildman–Crippen LogP) is 2.30. The Bertz CT molecular complexity index is 1140. The molecule has 206 valence electrons. The zero-order valence-electron chi connectivity index (χ0n) is 22.2. The number of aliphatic hydroxyl groups excluding tert-OH is 2. The SMILES string of the molecule is C[C@]12CC/C(=N/OCC(=O)NCc3ccccn3)C=C1CC[C@@H]1[C@@H]2[C@@H](O)C[C@@]2(C)[C@H]1CC[C@]2(O)C(=O)CO. The van der Waals surface area contributed by atoms with Gasteiger partial charge in [0.15, 0.2) is 12.4 Å². The number of fused-ring (bicyclic) bond motifs is 5. The highest BCUT2D eigenvalue weighted by Crippen LogP contribution is 2.67. The summed E-state index contributed by atoms with van der Waals surface area (Å²) in [4.78, 5) is 34.3. The van der Waals surface area contributed by atoms with Gasteiger partial charge in [0.2, 0.25) is 0 Å². The zero-order chi connectivity index (χ0) is 27.1. The lowest BCUT2D eigenvalue weighted by Gasteiger charge is -2.60. The first kappa shape index (κ1) is 27.0. The smallest absolute Gasteiger partial charge is 0.261 e. The van der Waals surface area contributed by atoms with Gasteiger partial charge in [-0.25, -0.2) is 0 Å². The third-order valence-electron chi connectivity index (χ3n) is 10.2. The molecular formula is C29H39N3O6. The fourth-order valence-corrected chi connectivity index (χ4v) is 8.28. The van der Waals surface area contributed by atoms with Gasteiger partial charge in [0.1, 0.15) is 12.2 Å². The average Bonchev–Trinajstić information content (AvgIpc) is 3.18. The van der Waals surface area contributed by atoms with E-state index in [0.717, 1.165) is 37.1 Å². The van der Waals surface area contributed by atoms with E-state index in [-0.39, 0.29) is 35.7 Å². The number of ketones is 1. The molecule has 0 spiro atoms. The van der Waals surface area contributed by atoms with Crippen LogP contribution >= 0.6 is 0 Å². The van der Waals surface area contributed by atoms with Crippen molar-refractivity contribution in [2.24, 2.45) is 33.7 Å². The number of aliphatic hydroxyl groups is 3. The molecule has 0 aliphatic heterocycles. The molecule has 1 aromatic rings. The summed E-state index contributed by atoms with van der Waals surface area (Å²) in [5, 5.41) is 39.4. The summed E-state index contributed by atoms with van der Waals surface area (Å²) >= 11 is 0. The molecule has 0 bridgehead atoms. The first-order valence-electron chi connectivity index (χ1n) is 13.7. The molecule has 0 radical (unpaired) electrons. The molecule has 1 amide bonds. The predicted molar refractivity (Wildman–Crippen MR) is 140 cm³/mol.